The highest BCUT2D eigenvalue weighted by Gasteiger charge is 2.35. The van der Waals surface area contributed by atoms with Crippen LogP contribution in [0.5, 0.6) is 0 Å². The van der Waals surface area contributed by atoms with Crippen molar-refractivity contribution >= 4 is 53.2 Å². The summed E-state index contributed by atoms with van der Waals surface area (Å²) in [6, 6.07) is -4.21. The molecule has 0 unspecified atom stereocenters. The Hall–Kier alpha value is -5.83. The molecule has 0 saturated carbocycles. The average Bonchev–Trinajstić information content (AvgIpc) is 3.25. The molecule has 1 aromatic carbocycles. The SMILES string of the molecule is C[C@@H]1NC(=O)[C@@H](Cc2ccccc2)NC(=O)[C@H](CCN)NC(=O)[C@@H](NC(=O)[C@H](CCN)NC(=O)[C@@H](N)[C@@H](C)O)CCNC(=O)[C@H]([C@@H](C)O)NC(=O)[C@H](CCN)NC(=O)[C@H](CCN)NC1=O. The van der Waals surface area contributed by atoms with Crippen LogP contribution in [0.15, 0.2) is 30.3 Å². The first-order valence-corrected chi connectivity index (χ1v) is 21.4. The van der Waals surface area contributed by atoms with Crippen LogP contribution in [-0.4, -0.2) is 163 Å². The summed E-state index contributed by atoms with van der Waals surface area (Å²) in [5, 5.41) is 42.8. The molecule has 2 rings (SSSR count). The van der Waals surface area contributed by atoms with Crippen molar-refractivity contribution in [2.24, 2.45) is 28.7 Å². The maximum Gasteiger partial charge on any atom is 0.245 e. The van der Waals surface area contributed by atoms with Gasteiger partial charge in [0.05, 0.1) is 12.2 Å². The van der Waals surface area contributed by atoms with E-state index < -0.39 is 126 Å². The number of nitrogens with one attached hydrogen (secondary N) is 9. The highest BCUT2D eigenvalue weighted by molar-refractivity contribution is 5.98. The third kappa shape index (κ3) is 18.3. The molecule has 11 atom stereocenters. The highest BCUT2D eigenvalue weighted by Crippen LogP contribution is 2.08. The van der Waals surface area contributed by atoms with E-state index in [0.717, 1.165) is 0 Å². The van der Waals surface area contributed by atoms with Gasteiger partial charge in [0.15, 0.2) is 0 Å². The van der Waals surface area contributed by atoms with Gasteiger partial charge in [-0.25, -0.2) is 0 Å². The summed E-state index contributed by atoms with van der Waals surface area (Å²) in [5.41, 5.74) is 29.4. The minimum Gasteiger partial charge on any atom is -0.391 e. The van der Waals surface area contributed by atoms with Crippen molar-refractivity contribution in [3.05, 3.63) is 35.9 Å². The number of benzene rings is 1. The molecule has 0 aliphatic carbocycles. The number of nitrogens with two attached hydrogens (primary N) is 5. The molecule has 1 fully saturated rings. The minimum absolute atomic E-state index is 0.0857. The minimum atomic E-state index is -1.63. The van der Waals surface area contributed by atoms with Gasteiger partial charge in [-0.3, -0.25) is 43.2 Å². The number of rotatable bonds is 16. The van der Waals surface area contributed by atoms with Gasteiger partial charge in [-0.15, -0.1) is 0 Å². The van der Waals surface area contributed by atoms with E-state index in [1.165, 1.54) is 20.8 Å². The van der Waals surface area contributed by atoms with E-state index in [1.807, 2.05) is 0 Å². The van der Waals surface area contributed by atoms with Crippen LogP contribution < -0.4 is 76.5 Å². The van der Waals surface area contributed by atoms with Crippen molar-refractivity contribution < 1.29 is 53.4 Å². The number of carbonyl (C=O) groups excluding carboxylic acids is 9. The number of aliphatic hydroxyl groups excluding tert-OH is 2. The number of hydrogen-bond donors (Lipinski definition) is 16. The summed E-state index contributed by atoms with van der Waals surface area (Å²) in [4.78, 5) is 122. The molecular formula is C40H68N14O11. The van der Waals surface area contributed by atoms with Crippen LogP contribution in [0, 0.1) is 0 Å². The van der Waals surface area contributed by atoms with Gasteiger partial charge in [-0.2, -0.15) is 0 Å². The molecule has 0 bridgehead atoms. The Labute approximate surface area is 377 Å². The maximum absolute atomic E-state index is 14.1. The fourth-order valence-electron chi connectivity index (χ4n) is 6.43. The van der Waals surface area contributed by atoms with Gasteiger partial charge in [0.25, 0.3) is 0 Å². The molecule has 364 valence electrons. The van der Waals surface area contributed by atoms with Crippen LogP contribution in [-0.2, 0) is 49.6 Å². The summed E-state index contributed by atoms with van der Waals surface area (Å²) in [5.74, 6) is -8.06. The molecule has 1 aliphatic heterocycles. The number of amides is 9. The summed E-state index contributed by atoms with van der Waals surface area (Å²) in [7, 11) is 0. The summed E-state index contributed by atoms with van der Waals surface area (Å²) >= 11 is 0. The molecule has 9 amide bonds. The van der Waals surface area contributed by atoms with Gasteiger partial charge in [-0.05, 0) is 84.6 Å². The van der Waals surface area contributed by atoms with E-state index in [1.54, 1.807) is 30.3 Å². The molecule has 65 heavy (non-hydrogen) atoms. The Bertz CT molecular complexity index is 1770. The molecule has 1 heterocycles. The topological polar surface area (TPSA) is 432 Å². The van der Waals surface area contributed by atoms with Gasteiger partial charge in [0, 0.05) is 13.0 Å². The van der Waals surface area contributed by atoms with Gasteiger partial charge in [-0.1, -0.05) is 30.3 Å². The summed E-state index contributed by atoms with van der Waals surface area (Å²) in [6.07, 6.45) is -3.85. The second kappa shape index (κ2) is 28.2. The van der Waals surface area contributed by atoms with E-state index >= 15 is 0 Å². The normalized spacial score (nSPS) is 25.4. The van der Waals surface area contributed by atoms with Crippen LogP contribution in [0.25, 0.3) is 0 Å². The van der Waals surface area contributed by atoms with Crippen LogP contribution in [0.3, 0.4) is 0 Å². The summed E-state index contributed by atoms with van der Waals surface area (Å²) in [6.45, 7) is 2.93. The lowest BCUT2D eigenvalue weighted by molar-refractivity contribution is -0.136. The molecule has 0 spiro atoms. The third-order valence-electron chi connectivity index (χ3n) is 10.3. The standard InChI is InChI=1S/C40H68N14O11/c1-20-32(57)48-24(9-14-41)33(58)50-27(12-17-44)37(62)54-31(22(3)56)40(65)46-18-13-28(51-34(59)26(11-16-43)52-39(64)30(45)21(2)55)36(61)49-25(10-15-42)35(60)53-29(38(63)47-20)19-23-7-5-4-6-8-23/h4-8,20-22,24-31,55-56H,9-19,41-45H2,1-3H3,(H,46,65)(H,47,63)(H,48,57)(H,49,61)(H,50,58)(H,51,59)(H,52,64)(H,53,60)(H,54,62)/t20-,21+,22+,24-,25-,26-,27-,28-,29+,30-,31-/m0/s1. The Balaban J connectivity index is 2.66. The Morgan fingerprint density at radius 1 is 0.662 bits per heavy atom. The molecule has 21 N–H and O–H groups in total. The Morgan fingerprint density at radius 2 is 1.15 bits per heavy atom. The van der Waals surface area contributed by atoms with Crippen LogP contribution in [0.2, 0.25) is 0 Å². The van der Waals surface area contributed by atoms with Gasteiger partial charge in [0.2, 0.25) is 53.2 Å². The fraction of sp³-hybridized carbons (Fsp3) is 0.625. The zero-order chi connectivity index (χ0) is 48.8. The molecular weight excluding hydrogens is 853 g/mol. The van der Waals surface area contributed by atoms with E-state index in [9.17, 15) is 53.4 Å². The second-order valence-electron chi connectivity index (χ2n) is 15.7. The lowest BCUT2D eigenvalue weighted by Gasteiger charge is -2.27. The zero-order valence-corrected chi connectivity index (χ0v) is 37.0. The lowest BCUT2D eigenvalue weighted by Crippen LogP contribution is -2.61. The Morgan fingerprint density at radius 3 is 1.66 bits per heavy atom. The van der Waals surface area contributed by atoms with E-state index in [0.29, 0.717) is 5.56 Å². The smallest absolute Gasteiger partial charge is 0.245 e. The van der Waals surface area contributed by atoms with Crippen molar-refractivity contribution in [2.45, 2.75) is 126 Å². The quantitative estimate of drug-likeness (QED) is 0.0732. The molecule has 0 radical (unpaired) electrons. The highest BCUT2D eigenvalue weighted by atomic mass is 16.3. The van der Waals surface area contributed by atoms with Crippen LogP contribution in [0.1, 0.15) is 58.4 Å². The van der Waals surface area contributed by atoms with Gasteiger partial charge >= 0.3 is 0 Å². The van der Waals surface area contributed by atoms with Gasteiger partial charge < -0.3 is 86.7 Å². The molecule has 1 saturated heterocycles. The van der Waals surface area contributed by atoms with Gasteiger partial charge in [0.1, 0.15) is 54.4 Å². The summed E-state index contributed by atoms with van der Waals surface area (Å²) < 4.78 is 0. The first-order valence-electron chi connectivity index (χ1n) is 21.4. The van der Waals surface area contributed by atoms with Crippen LogP contribution in [0.4, 0.5) is 0 Å². The lowest BCUT2D eigenvalue weighted by atomic mass is 10.0. The predicted molar refractivity (Wildman–Crippen MR) is 235 cm³/mol. The van der Waals surface area contributed by atoms with E-state index in [-0.39, 0.29) is 64.7 Å². The van der Waals surface area contributed by atoms with Crippen LogP contribution >= 0.6 is 0 Å². The van der Waals surface area contributed by atoms with Crippen molar-refractivity contribution in [2.75, 3.05) is 32.7 Å². The second-order valence-corrected chi connectivity index (χ2v) is 15.7. The average molecular weight is 921 g/mol. The predicted octanol–water partition coefficient (Wildman–Crippen LogP) is -7.87. The molecule has 1 aromatic rings. The number of aliphatic hydroxyl groups is 2. The van der Waals surface area contributed by atoms with Crippen molar-refractivity contribution in [1.29, 1.82) is 0 Å². The van der Waals surface area contributed by atoms with Crippen molar-refractivity contribution in [3.63, 3.8) is 0 Å². The molecule has 1 aliphatic rings. The third-order valence-corrected chi connectivity index (χ3v) is 10.3. The zero-order valence-electron chi connectivity index (χ0n) is 37.0. The van der Waals surface area contributed by atoms with Crippen molar-refractivity contribution in [3.8, 4) is 0 Å². The first-order chi connectivity index (χ1) is 30.8. The largest absolute Gasteiger partial charge is 0.391 e. The monoisotopic (exact) mass is 921 g/mol. The fourth-order valence-corrected chi connectivity index (χ4v) is 6.43. The number of hydrogen-bond acceptors (Lipinski definition) is 16. The Kier molecular flexibility index (Phi) is 24.0. The molecule has 0 aromatic heterocycles. The molecule has 25 heteroatoms. The van der Waals surface area contributed by atoms with E-state index in [2.05, 4.69) is 47.9 Å². The van der Waals surface area contributed by atoms with Crippen molar-refractivity contribution in [1.82, 2.24) is 47.9 Å². The number of carbonyl (C=O) groups is 9. The molecule has 25 nitrogen and oxygen atoms in total. The first kappa shape index (κ1) is 55.3. The maximum atomic E-state index is 14.1. The van der Waals surface area contributed by atoms with E-state index in [4.69, 9.17) is 28.7 Å².